The zero-order chi connectivity index (χ0) is 10.8. The second-order valence-electron chi connectivity index (χ2n) is 4.16. The van der Waals surface area contributed by atoms with Crippen LogP contribution >= 0.6 is 0 Å². The summed E-state index contributed by atoms with van der Waals surface area (Å²) in [5.74, 6) is -1.32. The van der Waals surface area contributed by atoms with E-state index in [0.29, 0.717) is 5.76 Å². The second kappa shape index (κ2) is 2.42. The molecule has 15 heavy (non-hydrogen) atoms. The van der Waals surface area contributed by atoms with Crippen molar-refractivity contribution in [1.82, 2.24) is 0 Å². The van der Waals surface area contributed by atoms with Crippen molar-refractivity contribution < 1.29 is 23.7 Å². The number of hydrogen-bond acceptors (Lipinski definition) is 5. The van der Waals surface area contributed by atoms with Crippen molar-refractivity contribution in [2.75, 3.05) is 14.2 Å². The number of rotatable bonds is 2. The number of carbonyl (C=O) groups excluding carboxylic acids is 1. The largest absolute Gasteiger partial charge is 0.428 e. The van der Waals surface area contributed by atoms with E-state index in [1.807, 2.05) is 6.92 Å². The molecule has 5 heteroatoms. The van der Waals surface area contributed by atoms with Crippen molar-refractivity contribution >= 4 is 5.97 Å². The predicted molar refractivity (Wildman–Crippen MR) is 47.7 cm³/mol. The van der Waals surface area contributed by atoms with Gasteiger partial charge in [0.2, 0.25) is 5.79 Å². The summed E-state index contributed by atoms with van der Waals surface area (Å²) in [6.45, 7) is 1.83. The van der Waals surface area contributed by atoms with Crippen LogP contribution < -0.4 is 0 Å². The Morgan fingerprint density at radius 2 is 2.07 bits per heavy atom. The SMILES string of the molecule is COC1(OC)[C@H]2C(=O)OC3=C[C@H]1O[C@@]32C. The third-order valence-electron chi connectivity index (χ3n) is 3.60. The number of carbonyl (C=O) groups is 1. The maximum Gasteiger partial charge on any atom is 0.323 e. The average Bonchev–Trinajstić information content (AvgIpc) is 2.68. The zero-order valence-electron chi connectivity index (χ0n) is 8.77. The Morgan fingerprint density at radius 3 is 2.67 bits per heavy atom. The van der Waals surface area contributed by atoms with Gasteiger partial charge in [-0.1, -0.05) is 0 Å². The van der Waals surface area contributed by atoms with Gasteiger partial charge in [-0.15, -0.1) is 0 Å². The van der Waals surface area contributed by atoms with Crippen molar-refractivity contribution in [3.63, 3.8) is 0 Å². The molecule has 82 valence electrons. The molecule has 2 bridgehead atoms. The smallest absolute Gasteiger partial charge is 0.323 e. The van der Waals surface area contributed by atoms with E-state index in [1.165, 1.54) is 14.2 Å². The summed E-state index contributed by atoms with van der Waals surface area (Å²) < 4.78 is 21.6. The van der Waals surface area contributed by atoms with Crippen LogP contribution in [-0.2, 0) is 23.7 Å². The van der Waals surface area contributed by atoms with Crippen molar-refractivity contribution in [3.8, 4) is 0 Å². The van der Waals surface area contributed by atoms with Crippen molar-refractivity contribution in [1.29, 1.82) is 0 Å². The van der Waals surface area contributed by atoms with E-state index in [2.05, 4.69) is 0 Å². The monoisotopic (exact) mass is 212 g/mol. The van der Waals surface area contributed by atoms with E-state index in [4.69, 9.17) is 18.9 Å². The van der Waals surface area contributed by atoms with Crippen molar-refractivity contribution in [3.05, 3.63) is 11.8 Å². The van der Waals surface area contributed by atoms with Crippen LogP contribution in [0.1, 0.15) is 6.92 Å². The quantitative estimate of drug-likeness (QED) is 0.483. The first-order valence-electron chi connectivity index (χ1n) is 4.80. The zero-order valence-corrected chi connectivity index (χ0v) is 8.77. The van der Waals surface area contributed by atoms with Gasteiger partial charge in [0.15, 0.2) is 0 Å². The second-order valence-corrected chi connectivity index (χ2v) is 4.16. The number of fused-ring (bicyclic) bond motifs is 1. The van der Waals surface area contributed by atoms with Gasteiger partial charge in [-0.3, -0.25) is 4.79 Å². The average molecular weight is 212 g/mol. The summed E-state index contributed by atoms with van der Waals surface area (Å²) in [5.41, 5.74) is -0.715. The fraction of sp³-hybridized carbons (Fsp3) is 0.700. The summed E-state index contributed by atoms with van der Waals surface area (Å²) in [4.78, 5) is 11.7. The van der Waals surface area contributed by atoms with Gasteiger partial charge < -0.3 is 18.9 Å². The standard InChI is InChI=1S/C10H12O5/c1-9-5-4-6(15-9)10(12-2,13-3)7(9)8(11)14-5/h4,6-7H,1-3H3/t6-,7+,9+/m1/s1. The molecule has 0 aromatic carbocycles. The third kappa shape index (κ3) is 0.758. The van der Waals surface area contributed by atoms with Crippen LogP contribution in [0.15, 0.2) is 11.8 Å². The molecule has 3 atom stereocenters. The molecule has 2 saturated heterocycles. The molecule has 0 unspecified atom stereocenters. The minimum Gasteiger partial charge on any atom is -0.428 e. The lowest BCUT2D eigenvalue weighted by atomic mass is 9.80. The lowest BCUT2D eigenvalue weighted by molar-refractivity contribution is -0.240. The van der Waals surface area contributed by atoms with E-state index in [0.717, 1.165) is 0 Å². The molecule has 0 aromatic rings. The Labute approximate surface area is 86.9 Å². The van der Waals surface area contributed by atoms with Gasteiger partial charge >= 0.3 is 5.97 Å². The Morgan fingerprint density at radius 1 is 1.40 bits per heavy atom. The molecule has 2 fully saturated rings. The maximum absolute atomic E-state index is 11.7. The van der Waals surface area contributed by atoms with Gasteiger partial charge in [0.05, 0.1) is 0 Å². The highest BCUT2D eigenvalue weighted by Crippen LogP contribution is 2.59. The van der Waals surface area contributed by atoms with E-state index in [-0.39, 0.29) is 12.1 Å². The van der Waals surface area contributed by atoms with Crippen LogP contribution in [0, 0.1) is 5.92 Å². The highest BCUT2D eigenvalue weighted by Gasteiger charge is 2.75. The first-order valence-corrected chi connectivity index (χ1v) is 4.80. The van der Waals surface area contributed by atoms with Crippen LogP contribution in [0.25, 0.3) is 0 Å². The molecule has 0 amide bonds. The first kappa shape index (κ1) is 9.33. The number of methoxy groups -OCH3 is 2. The topological polar surface area (TPSA) is 54.0 Å². The van der Waals surface area contributed by atoms with Crippen LogP contribution in [0.3, 0.4) is 0 Å². The van der Waals surface area contributed by atoms with Crippen LogP contribution in [0.5, 0.6) is 0 Å². The fourth-order valence-electron chi connectivity index (χ4n) is 2.86. The van der Waals surface area contributed by atoms with Crippen LogP contribution in [-0.4, -0.2) is 37.7 Å². The van der Waals surface area contributed by atoms with Gasteiger partial charge in [-0.2, -0.15) is 0 Å². The van der Waals surface area contributed by atoms with Gasteiger partial charge in [0.1, 0.15) is 23.4 Å². The molecule has 0 aliphatic carbocycles. The molecule has 0 aromatic heterocycles. The lowest BCUT2D eigenvalue weighted by Crippen LogP contribution is -2.52. The number of ether oxygens (including phenoxy) is 4. The Hall–Kier alpha value is -0.910. The molecule has 3 aliphatic heterocycles. The highest BCUT2D eigenvalue weighted by atomic mass is 16.7. The van der Waals surface area contributed by atoms with E-state index >= 15 is 0 Å². The molecule has 3 aliphatic rings. The van der Waals surface area contributed by atoms with Crippen molar-refractivity contribution in [2.24, 2.45) is 5.92 Å². The van der Waals surface area contributed by atoms with E-state index in [9.17, 15) is 4.79 Å². The summed E-state index contributed by atoms with van der Waals surface area (Å²) >= 11 is 0. The molecule has 0 radical (unpaired) electrons. The van der Waals surface area contributed by atoms with E-state index in [1.54, 1.807) is 6.08 Å². The summed E-state index contributed by atoms with van der Waals surface area (Å²) in [5, 5.41) is 0. The number of hydrogen-bond donors (Lipinski definition) is 0. The number of esters is 1. The molecular formula is C10H12O5. The van der Waals surface area contributed by atoms with Gasteiger partial charge in [0.25, 0.3) is 0 Å². The third-order valence-corrected chi connectivity index (χ3v) is 3.60. The van der Waals surface area contributed by atoms with E-state index < -0.39 is 17.3 Å². The van der Waals surface area contributed by atoms with Crippen molar-refractivity contribution in [2.45, 2.75) is 24.4 Å². The molecule has 0 saturated carbocycles. The van der Waals surface area contributed by atoms with Crippen LogP contribution in [0.2, 0.25) is 0 Å². The highest BCUT2D eigenvalue weighted by molar-refractivity contribution is 5.83. The molecule has 3 heterocycles. The normalized spacial score (nSPS) is 44.5. The first-order chi connectivity index (χ1) is 7.08. The van der Waals surface area contributed by atoms with Crippen LogP contribution in [0.4, 0.5) is 0 Å². The molecule has 0 spiro atoms. The Balaban J connectivity index is 2.18. The minimum absolute atomic E-state index is 0.340. The van der Waals surface area contributed by atoms with Gasteiger partial charge in [-0.25, -0.2) is 0 Å². The Bertz CT molecular complexity index is 370. The van der Waals surface area contributed by atoms with Gasteiger partial charge in [0, 0.05) is 14.2 Å². The molecule has 5 nitrogen and oxygen atoms in total. The lowest BCUT2D eigenvalue weighted by Gasteiger charge is -2.33. The minimum atomic E-state index is -1.04. The van der Waals surface area contributed by atoms with Gasteiger partial charge in [-0.05, 0) is 13.0 Å². The Kier molecular flexibility index (Phi) is 1.51. The maximum atomic E-state index is 11.7. The summed E-state index contributed by atoms with van der Waals surface area (Å²) in [7, 11) is 3.02. The molecule has 0 N–H and O–H groups in total. The summed E-state index contributed by atoms with van der Waals surface area (Å²) in [6, 6.07) is 0. The fourth-order valence-corrected chi connectivity index (χ4v) is 2.86. The molecular weight excluding hydrogens is 200 g/mol. The summed E-state index contributed by atoms with van der Waals surface area (Å²) in [6.07, 6.45) is 1.39. The predicted octanol–water partition coefficient (Wildman–Crippen LogP) is 0.203. The molecule has 3 rings (SSSR count).